The number of hydrogen-bond acceptors (Lipinski definition) is 6. The van der Waals surface area contributed by atoms with Gasteiger partial charge in [0.25, 0.3) is 5.91 Å². The molecule has 2 atom stereocenters. The summed E-state index contributed by atoms with van der Waals surface area (Å²) < 4.78 is 4.64. The van der Waals surface area contributed by atoms with Crippen molar-refractivity contribution in [3.8, 4) is 0 Å². The maximum absolute atomic E-state index is 12.8. The molecule has 3 amide bonds. The van der Waals surface area contributed by atoms with Crippen molar-refractivity contribution >= 4 is 35.1 Å². The quantitative estimate of drug-likeness (QED) is 0.588. The average molecular weight is 343 g/mol. The fourth-order valence-corrected chi connectivity index (χ4v) is 3.08. The Hall–Kier alpha value is -3.03. The summed E-state index contributed by atoms with van der Waals surface area (Å²) in [6.07, 6.45) is 0.824. The smallest absolute Gasteiger partial charge is 0.355 e. The van der Waals surface area contributed by atoms with Gasteiger partial charge >= 0.3 is 5.97 Å². The van der Waals surface area contributed by atoms with E-state index in [1.165, 1.54) is 6.92 Å². The topological polar surface area (TPSA) is 96.3 Å². The van der Waals surface area contributed by atoms with Gasteiger partial charge in [0.2, 0.25) is 11.8 Å². The van der Waals surface area contributed by atoms with Crippen LogP contribution in [0.1, 0.15) is 19.4 Å². The first-order valence-electron chi connectivity index (χ1n) is 7.84. The monoisotopic (exact) mass is 343 g/mol. The second-order valence-electron chi connectivity index (χ2n) is 5.79. The predicted molar refractivity (Wildman–Crippen MR) is 87.6 cm³/mol. The molecule has 0 aromatic heterocycles. The summed E-state index contributed by atoms with van der Waals surface area (Å²) in [6.45, 7) is 3.21. The van der Waals surface area contributed by atoms with E-state index in [4.69, 9.17) is 0 Å². The first-order valence-corrected chi connectivity index (χ1v) is 7.84. The first kappa shape index (κ1) is 16.8. The van der Waals surface area contributed by atoms with Crippen molar-refractivity contribution in [2.45, 2.75) is 26.3 Å². The maximum Gasteiger partial charge on any atom is 0.355 e. The van der Waals surface area contributed by atoms with Crippen molar-refractivity contribution in [2.75, 3.05) is 12.0 Å². The molecule has 0 unspecified atom stereocenters. The number of carbonyl (C=O) groups is 4. The van der Waals surface area contributed by atoms with Crippen molar-refractivity contribution in [3.63, 3.8) is 0 Å². The lowest BCUT2D eigenvalue weighted by atomic mass is 9.98. The van der Waals surface area contributed by atoms with Gasteiger partial charge in [-0.15, -0.1) is 0 Å². The van der Waals surface area contributed by atoms with Crippen LogP contribution < -0.4 is 4.90 Å². The number of benzene rings is 1. The summed E-state index contributed by atoms with van der Waals surface area (Å²) >= 11 is 0. The zero-order valence-electron chi connectivity index (χ0n) is 14.1. The Morgan fingerprint density at radius 2 is 1.80 bits per heavy atom. The number of anilines is 1. The molecule has 2 heterocycles. The zero-order valence-corrected chi connectivity index (χ0v) is 14.1. The van der Waals surface area contributed by atoms with E-state index in [1.807, 2.05) is 19.1 Å². The third-order valence-corrected chi connectivity index (χ3v) is 4.37. The van der Waals surface area contributed by atoms with E-state index in [0.717, 1.165) is 29.0 Å². The summed E-state index contributed by atoms with van der Waals surface area (Å²) in [6, 6.07) is 5.83. The Bertz CT molecular complexity index is 799. The van der Waals surface area contributed by atoms with Crippen LogP contribution >= 0.6 is 0 Å². The highest BCUT2D eigenvalue weighted by Gasteiger charge is 2.59. The lowest BCUT2D eigenvalue weighted by Gasteiger charge is -2.19. The molecule has 2 aliphatic heterocycles. The molecule has 1 saturated heterocycles. The highest BCUT2D eigenvalue weighted by molar-refractivity contribution is 6.47. The standard InChI is InChI=1S/C17H17N3O5/c1-4-10-5-7-11(8-6-10)19-15(22)12-13(17(24)25-3)18-20(9(2)21)14(12)16(19)23/h5-8,12,14H,4H2,1-3H3/t12-,14-/m1/s1. The van der Waals surface area contributed by atoms with Crippen LogP contribution in [-0.2, 0) is 30.3 Å². The molecule has 0 aliphatic carbocycles. The number of amides is 3. The highest BCUT2D eigenvalue weighted by Crippen LogP contribution is 2.35. The minimum absolute atomic E-state index is 0.228. The van der Waals surface area contributed by atoms with Crippen LogP contribution in [0.4, 0.5) is 5.69 Å². The van der Waals surface area contributed by atoms with Crippen LogP contribution in [0.15, 0.2) is 29.4 Å². The Morgan fingerprint density at radius 3 is 2.32 bits per heavy atom. The van der Waals surface area contributed by atoms with Crippen LogP contribution in [0.3, 0.4) is 0 Å². The number of hydrazone groups is 1. The van der Waals surface area contributed by atoms with E-state index < -0.39 is 35.7 Å². The molecule has 0 N–H and O–H groups in total. The fourth-order valence-electron chi connectivity index (χ4n) is 3.08. The molecule has 130 valence electrons. The number of ether oxygens (including phenoxy) is 1. The number of hydrogen-bond donors (Lipinski definition) is 0. The minimum Gasteiger partial charge on any atom is -0.464 e. The fraction of sp³-hybridized carbons (Fsp3) is 0.353. The molecule has 8 nitrogen and oxygen atoms in total. The van der Waals surface area contributed by atoms with Crippen LogP contribution in [0, 0.1) is 5.92 Å². The molecule has 0 radical (unpaired) electrons. The van der Waals surface area contributed by atoms with Crippen molar-refractivity contribution < 1.29 is 23.9 Å². The molecule has 8 heteroatoms. The SMILES string of the molecule is CCc1ccc(N2C(=O)[C@@H]3C(C(=O)OC)=NN(C(C)=O)[C@H]3C2=O)cc1. The molecule has 0 spiro atoms. The van der Waals surface area contributed by atoms with Crippen molar-refractivity contribution in [2.24, 2.45) is 11.0 Å². The number of methoxy groups -OCH3 is 1. The lowest BCUT2D eigenvalue weighted by molar-refractivity contribution is -0.136. The van der Waals surface area contributed by atoms with E-state index >= 15 is 0 Å². The number of nitrogens with zero attached hydrogens (tertiary/aromatic N) is 3. The Morgan fingerprint density at radius 1 is 1.16 bits per heavy atom. The van der Waals surface area contributed by atoms with Crippen LogP contribution in [0.25, 0.3) is 0 Å². The summed E-state index contributed by atoms with van der Waals surface area (Å²) in [7, 11) is 1.15. The zero-order chi connectivity index (χ0) is 18.3. The average Bonchev–Trinajstić information content (AvgIpc) is 3.12. The molecule has 0 saturated carbocycles. The van der Waals surface area contributed by atoms with Gasteiger partial charge in [-0.1, -0.05) is 19.1 Å². The maximum atomic E-state index is 12.8. The Labute approximate surface area is 144 Å². The molecule has 25 heavy (non-hydrogen) atoms. The van der Waals surface area contributed by atoms with Gasteiger partial charge in [-0.25, -0.2) is 14.7 Å². The van der Waals surface area contributed by atoms with E-state index in [-0.39, 0.29) is 5.71 Å². The number of imide groups is 1. The summed E-state index contributed by atoms with van der Waals surface area (Å²) in [5.41, 5.74) is 1.23. The van der Waals surface area contributed by atoms with Gasteiger partial charge in [0.15, 0.2) is 11.8 Å². The van der Waals surface area contributed by atoms with Crippen LogP contribution in [0.5, 0.6) is 0 Å². The van der Waals surface area contributed by atoms with Gasteiger partial charge < -0.3 is 4.74 Å². The van der Waals surface area contributed by atoms with Crippen molar-refractivity contribution in [3.05, 3.63) is 29.8 Å². The largest absolute Gasteiger partial charge is 0.464 e. The minimum atomic E-state index is -1.15. The van der Waals surface area contributed by atoms with E-state index in [0.29, 0.717) is 5.69 Å². The van der Waals surface area contributed by atoms with Crippen molar-refractivity contribution in [1.29, 1.82) is 0 Å². The molecule has 1 fully saturated rings. The second-order valence-corrected chi connectivity index (χ2v) is 5.79. The van der Waals surface area contributed by atoms with Crippen LogP contribution in [-0.4, -0.2) is 47.6 Å². The third-order valence-electron chi connectivity index (χ3n) is 4.37. The van der Waals surface area contributed by atoms with Gasteiger partial charge in [0.05, 0.1) is 12.8 Å². The summed E-state index contributed by atoms with van der Waals surface area (Å²) in [5, 5.41) is 4.74. The molecular formula is C17H17N3O5. The third kappa shape index (κ3) is 2.50. The number of rotatable bonds is 3. The van der Waals surface area contributed by atoms with Crippen molar-refractivity contribution in [1.82, 2.24) is 5.01 Å². The molecule has 0 bridgehead atoms. The van der Waals surface area contributed by atoms with Gasteiger partial charge in [-0.2, -0.15) is 5.10 Å². The van der Waals surface area contributed by atoms with E-state index in [1.54, 1.807) is 12.1 Å². The van der Waals surface area contributed by atoms with Gasteiger partial charge in [-0.3, -0.25) is 14.4 Å². The molecule has 1 aromatic rings. The van der Waals surface area contributed by atoms with Crippen LogP contribution in [0.2, 0.25) is 0 Å². The normalized spacial score (nSPS) is 22.1. The number of fused-ring (bicyclic) bond motifs is 1. The second kappa shape index (κ2) is 6.12. The van der Waals surface area contributed by atoms with Gasteiger partial charge in [-0.05, 0) is 24.1 Å². The molecule has 1 aromatic carbocycles. The number of aryl methyl sites for hydroxylation is 1. The summed E-state index contributed by atoms with van der Waals surface area (Å²) in [5.74, 6) is -3.68. The Balaban J connectivity index is 2.02. The molecule has 3 rings (SSSR count). The Kier molecular flexibility index (Phi) is 4.12. The van der Waals surface area contributed by atoms with E-state index in [9.17, 15) is 19.2 Å². The molecular weight excluding hydrogens is 326 g/mol. The highest BCUT2D eigenvalue weighted by atomic mass is 16.5. The van der Waals surface area contributed by atoms with Gasteiger partial charge in [0, 0.05) is 6.92 Å². The number of esters is 1. The predicted octanol–water partition coefficient (Wildman–Crippen LogP) is 0.498. The number of carbonyl (C=O) groups excluding carboxylic acids is 4. The first-order chi connectivity index (χ1) is 11.9. The summed E-state index contributed by atoms with van der Waals surface area (Å²) in [4.78, 5) is 50.4. The molecule has 2 aliphatic rings. The van der Waals surface area contributed by atoms with E-state index in [2.05, 4.69) is 9.84 Å². The lowest BCUT2D eigenvalue weighted by Crippen LogP contribution is -2.41. The van der Waals surface area contributed by atoms with Gasteiger partial charge in [0.1, 0.15) is 5.92 Å².